The van der Waals surface area contributed by atoms with Crippen molar-refractivity contribution in [2.45, 2.75) is 33.6 Å². The zero-order valence-electron chi connectivity index (χ0n) is 18.6. The molecule has 3 rings (SSSR count). The molecule has 0 aliphatic carbocycles. The van der Waals surface area contributed by atoms with Gasteiger partial charge in [0.15, 0.2) is 0 Å². The Bertz CT molecular complexity index is 825. The fraction of sp³-hybridized carbons (Fsp3) is 0.296. The first-order valence-corrected chi connectivity index (χ1v) is 12.6. The van der Waals surface area contributed by atoms with Gasteiger partial charge in [0, 0.05) is 0 Å². The predicted molar refractivity (Wildman–Crippen MR) is 130 cm³/mol. The molecule has 0 heterocycles. The fourth-order valence-electron chi connectivity index (χ4n) is 3.71. The number of ether oxygens (including phenoxy) is 1. The molecule has 4 heteroatoms. The van der Waals surface area contributed by atoms with Crippen LogP contribution in [0, 0.1) is 5.41 Å². The Morgan fingerprint density at radius 3 is 1.45 bits per heavy atom. The number of benzene rings is 3. The molecule has 31 heavy (non-hydrogen) atoms. The van der Waals surface area contributed by atoms with Gasteiger partial charge in [-0.15, -0.1) is 0 Å². The van der Waals surface area contributed by atoms with Crippen LogP contribution < -0.4 is 39.9 Å². The van der Waals surface area contributed by atoms with Gasteiger partial charge in [-0.2, -0.15) is 0 Å². The maximum atomic E-state index is 12.1. The van der Waals surface area contributed by atoms with Crippen LogP contribution in [0.1, 0.15) is 33.6 Å². The summed E-state index contributed by atoms with van der Waals surface area (Å²) in [6.45, 7) is 6.17. The molecule has 164 valence electrons. The highest BCUT2D eigenvalue weighted by Gasteiger charge is 2.44. The maximum Gasteiger partial charge on any atom is 0.311 e. The van der Waals surface area contributed by atoms with Gasteiger partial charge >= 0.3 is 5.97 Å². The van der Waals surface area contributed by atoms with Crippen molar-refractivity contribution < 1.29 is 33.5 Å². The van der Waals surface area contributed by atoms with E-state index in [0.29, 0.717) is 6.61 Å². The fourth-order valence-corrected chi connectivity index (χ4v) is 8.12. The Labute approximate surface area is 204 Å². The number of carbonyl (C=O) groups excluding carboxylic acids is 1. The molecular formula is C27H32IO2P. The smallest absolute Gasteiger partial charge is 0.311 e. The average Bonchev–Trinajstić information content (AvgIpc) is 2.77. The number of halogens is 1. The van der Waals surface area contributed by atoms with Crippen molar-refractivity contribution in [2.24, 2.45) is 5.41 Å². The Kier molecular flexibility index (Phi) is 9.71. The zero-order valence-corrected chi connectivity index (χ0v) is 21.7. The summed E-state index contributed by atoms with van der Waals surface area (Å²) in [4.78, 5) is 12.1. The lowest BCUT2D eigenvalue weighted by Crippen LogP contribution is -3.00. The van der Waals surface area contributed by atoms with Crippen molar-refractivity contribution in [3.05, 3.63) is 91.0 Å². The molecule has 0 saturated heterocycles. The lowest BCUT2D eigenvalue weighted by Gasteiger charge is -2.27. The standard InChI is InChI=1S/C27H32O2P.HI/c1-27(2,3)26(28)29-21-13-14-22-30(23-15-7-4-8-16-23,24-17-9-5-10-18-24)25-19-11-6-12-20-25;/h4-12,15-20H,13-14,21-22H2,1-3H3;1H/q+1;/p-1. The summed E-state index contributed by atoms with van der Waals surface area (Å²) in [6.07, 6.45) is 2.93. The van der Waals surface area contributed by atoms with Crippen LogP contribution in [0.5, 0.6) is 0 Å². The van der Waals surface area contributed by atoms with E-state index in [1.54, 1.807) is 0 Å². The van der Waals surface area contributed by atoms with Crippen molar-refractivity contribution >= 4 is 29.1 Å². The summed E-state index contributed by atoms with van der Waals surface area (Å²) in [5.74, 6) is -0.127. The number of hydrogen-bond acceptors (Lipinski definition) is 2. The number of rotatable bonds is 8. The first-order valence-electron chi connectivity index (χ1n) is 10.7. The van der Waals surface area contributed by atoms with Crippen LogP contribution in [0.3, 0.4) is 0 Å². The Hall–Kier alpha value is -1.71. The van der Waals surface area contributed by atoms with Gasteiger partial charge in [0.25, 0.3) is 0 Å². The maximum absolute atomic E-state index is 12.1. The van der Waals surface area contributed by atoms with Crippen LogP contribution in [0.2, 0.25) is 0 Å². The van der Waals surface area contributed by atoms with E-state index >= 15 is 0 Å². The van der Waals surface area contributed by atoms with Gasteiger partial charge < -0.3 is 28.7 Å². The van der Waals surface area contributed by atoms with Crippen molar-refractivity contribution in [3.8, 4) is 0 Å². The van der Waals surface area contributed by atoms with Crippen molar-refractivity contribution in [1.82, 2.24) is 0 Å². The summed E-state index contributed by atoms with van der Waals surface area (Å²) < 4.78 is 5.51. The van der Waals surface area contributed by atoms with Crippen LogP contribution in [-0.2, 0) is 9.53 Å². The second kappa shape index (κ2) is 11.8. The molecule has 0 aliphatic rings. The number of esters is 1. The monoisotopic (exact) mass is 546 g/mol. The van der Waals surface area contributed by atoms with Gasteiger partial charge in [-0.25, -0.2) is 0 Å². The summed E-state index contributed by atoms with van der Waals surface area (Å²) in [5, 5.41) is 4.19. The van der Waals surface area contributed by atoms with Crippen LogP contribution in [-0.4, -0.2) is 18.7 Å². The van der Waals surface area contributed by atoms with Crippen LogP contribution in [0.15, 0.2) is 91.0 Å². The third kappa shape index (κ3) is 6.40. The molecule has 0 amide bonds. The lowest BCUT2D eigenvalue weighted by atomic mass is 9.97. The van der Waals surface area contributed by atoms with E-state index in [1.165, 1.54) is 15.9 Å². The molecule has 0 spiro atoms. The molecule has 0 aromatic heterocycles. The molecule has 3 aromatic carbocycles. The highest BCUT2D eigenvalue weighted by molar-refractivity contribution is 7.95. The van der Waals surface area contributed by atoms with E-state index in [4.69, 9.17) is 4.74 Å². The number of unbranched alkanes of at least 4 members (excludes halogenated alkanes) is 1. The van der Waals surface area contributed by atoms with Crippen molar-refractivity contribution in [3.63, 3.8) is 0 Å². The molecule has 2 nitrogen and oxygen atoms in total. The Morgan fingerprint density at radius 2 is 1.10 bits per heavy atom. The Balaban J connectivity index is 0.00000341. The van der Waals surface area contributed by atoms with Crippen LogP contribution in [0.25, 0.3) is 0 Å². The molecule has 0 bridgehead atoms. The molecule has 0 unspecified atom stereocenters. The minimum Gasteiger partial charge on any atom is -1.00 e. The van der Waals surface area contributed by atoms with Crippen molar-refractivity contribution in [2.75, 3.05) is 12.8 Å². The SMILES string of the molecule is CC(C)(C)C(=O)OCCCC[P+](c1ccccc1)(c1ccccc1)c1ccccc1.[I-]. The normalized spacial score (nSPS) is 11.5. The van der Waals surface area contributed by atoms with Gasteiger partial charge in [0.05, 0.1) is 18.2 Å². The van der Waals surface area contributed by atoms with E-state index in [0.717, 1.165) is 19.0 Å². The van der Waals surface area contributed by atoms with E-state index < -0.39 is 12.7 Å². The molecule has 0 N–H and O–H groups in total. The first-order chi connectivity index (χ1) is 14.4. The molecular weight excluding hydrogens is 514 g/mol. The molecule has 0 aliphatic heterocycles. The predicted octanol–water partition coefficient (Wildman–Crippen LogP) is 2.35. The molecule has 3 aromatic rings. The van der Waals surface area contributed by atoms with Crippen LogP contribution in [0.4, 0.5) is 0 Å². The van der Waals surface area contributed by atoms with Crippen LogP contribution >= 0.6 is 7.26 Å². The van der Waals surface area contributed by atoms with E-state index in [9.17, 15) is 4.79 Å². The third-order valence-electron chi connectivity index (χ3n) is 5.32. The minimum atomic E-state index is -1.79. The second-order valence-electron chi connectivity index (χ2n) is 8.63. The highest BCUT2D eigenvalue weighted by Crippen LogP contribution is 2.55. The molecule has 0 radical (unpaired) electrons. The quantitative estimate of drug-likeness (QED) is 0.188. The summed E-state index contributed by atoms with van der Waals surface area (Å²) in [5.41, 5.74) is -0.450. The molecule has 0 atom stereocenters. The van der Waals surface area contributed by atoms with Gasteiger partial charge in [0.1, 0.15) is 23.2 Å². The average molecular weight is 546 g/mol. The third-order valence-corrected chi connectivity index (χ3v) is 9.85. The summed E-state index contributed by atoms with van der Waals surface area (Å²) in [7, 11) is -1.79. The van der Waals surface area contributed by atoms with Gasteiger partial charge in [-0.1, -0.05) is 54.6 Å². The molecule has 0 saturated carbocycles. The highest BCUT2D eigenvalue weighted by atomic mass is 127. The lowest BCUT2D eigenvalue weighted by molar-refractivity contribution is -0.153. The summed E-state index contributed by atoms with van der Waals surface area (Å²) in [6, 6.07) is 32.7. The zero-order chi connectivity index (χ0) is 21.5. The minimum absolute atomic E-state index is 0. The number of hydrogen-bond donors (Lipinski definition) is 0. The van der Waals surface area contributed by atoms with Gasteiger partial charge in [0.2, 0.25) is 0 Å². The second-order valence-corrected chi connectivity index (χ2v) is 12.2. The topological polar surface area (TPSA) is 26.3 Å². The van der Waals surface area contributed by atoms with E-state index in [1.807, 2.05) is 20.8 Å². The molecule has 0 fully saturated rings. The van der Waals surface area contributed by atoms with E-state index in [-0.39, 0.29) is 29.9 Å². The Morgan fingerprint density at radius 1 is 0.710 bits per heavy atom. The van der Waals surface area contributed by atoms with Crippen molar-refractivity contribution in [1.29, 1.82) is 0 Å². The van der Waals surface area contributed by atoms with E-state index in [2.05, 4.69) is 91.0 Å². The van der Waals surface area contributed by atoms with Gasteiger partial charge in [-0.05, 0) is 70.0 Å². The first kappa shape index (κ1) is 25.5. The summed E-state index contributed by atoms with van der Waals surface area (Å²) >= 11 is 0. The van der Waals surface area contributed by atoms with Gasteiger partial charge in [-0.3, -0.25) is 4.79 Å². The largest absolute Gasteiger partial charge is 1.00 e. The number of carbonyl (C=O) groups is 1.